The first-order chi connectivity index (χ1) is 11.0. The van der Waals surface area contributed by atoms with Crippen molar-refractivity contribution in [3.63, 3.8) is 0 Å². The normalized spacial score (nSPS) is 13.7. The Morgan fingerprint density at radius 1 is 1.17 bits per heavy atom. The summed E-state index contributed by atoms with van der Waals surface area (Å²) >= 11 is 0. The van der Waals surface area contributed by atoms with Crippen LogP contribution in [0.15, 0.2) is 33.9 Å². The highest BCUT2D eigenvalue weighted by Gasteiger charge is 2.20. The smallest absolute Gasteiger partial charge is 0.325 e. The predicted octanol–water partition coefficient (Wildman–Crippen LogP) is 0.889. The lowest BCUT2D eigenvalue weighted by atomic mass is 9.99. The van der Waals surface area contributed by atoms with Gasteiger partial charge in [0.2, 0.25) is 5.91 Å². The molecule has 3 rings (SSSR count). The zero-order chi connectivity index (χ0) is 16.4. The molecule has 1 amide bonds. The lowest BCUT2D eigenvalue weighted by Crippen LogP contribution is -2.36. The topological polar surface area (TPSA) is 86.0 Å². The highest BCUT2D eigenvalue weighted by atomic mass is 16.2. The fraction of sp³-hybridized carbons (Fsp3) is 0.353. The lowest BCUT2D eigenvalue weighted by molar-refractivity contribution is -0.132. The third-order valence-electron chi connectivity index (χ3n) is 4.33. The van der Waals surface area contributed by atoms with Crippen molar-refractivity contribution < 1.29 is 4.79 Å². The molecule has 120 valence electrons. The van der Waals surface area contributed by atoms with Crippen molar-refractivity contribution in [3.05, 3.63) is 67.5 Å². The van der Waals surface area contributed by atoms with Crippen molar-refractivity contribution in [2.75, 3.05) is 6.54 Å². The summed E-state index contributed by atoms with van der Waals surface area (Å²) < 4.78 is 0. The second-order valence-electron chi connectivity index (χ2n) is 5.85. The number of fused-ring (bicyclic) bond motifs is 1. The Morgan fingerprint density at radius 2 is 1.91 bits per heavy atom. The van der Waals surface area contributed by atoms with Gasteiger partial charge < -0.3 is 9.88 Å². The molecule has 0 unspecified atom stereocenters. The van der Waals surface area contributed by atoms with Gasteiger partial charge in [0.25, 0.3) is 5.56 Å². The first-order valence-electron chi connectivity index (χ1n) is 7.71. The molecule has 1 aromatic heterocycles. The maximum Gasteiger partial charge on any atom is 0.325 e. The van der Waals surface area contributed by atoms with Crippen LogP contribution in [0.1, 0.15) is 28.8 Å². The second-order valence-corrected chi connectivity index (χ2v) is 5.85. The fourth-order valence-electron chi connectivity index (χ4n) is 3.03. The molecule has 6 heteroatoms. The van der Waals surface area contributed by atoms with Crippen LogP contribution in [0.25, 0.3) is 0 Å². The SMILES string of the molecule is Cc1[nH]c(=O)[nH]c(=O)c1CCC(=O)N1CCc2ccccc2C1. The molecule has 2 heterocycles. The molecule has 0 saturated heterocycles. The molecule has 1 aromatic carbocycles. The van der Waals surface area contributed by atoms with Crippen LogP contribution in [0.2, 0.25) is 0 Å². The lowest BCUT2D eigenvalue weighted by Gasteiger charge is -2.29. The van der Waals surface area contributed by atoms with Gasteiger partial charge in [0.15, 0.2) is 0 Å². The Balaban J connectivity index is 1.67. The second kappa shape index (κ2) is 6.24. The number of carbonyl (C=O) groups excluding carboxylic acids is 1. The Morgan fingerprint density at radius 3 is 2.65 bits per heavy atom. The summed E-state index contributed by atoms with van der Waals surface area (Å²) in [6.45, 7) is 3.00. The van der Waals surface area contributed by atoms with Crippen molar-refractivity contribution in [1.29, 1.82) is 0 Å². The molecule has 0 saturated carbocycles. The van der Waals surface area contributed by atoms with E-state index in [4.69, 9.17) is 0 Å². The molecule has 6 nitrogen and oxygen atoms in total. The molecule has 0 spiro atoms. The maximum absolute atomic E-state index is 12.4. The number of aromatic nitrogens is 2. The quantitative estimate of drug-likeness (QED) is 0.882. The number of hydrogen-bond acceptors (Lipinski definition) is 3. The van der Waals surface area contributed by atoms with Gasteiger partial charge in [-0.25, -0.2) is 4.79 Å². The van der Waals surface area contributed by atoms with Gasteiger partial charge in [-0.1, -0.05) is 24.3 Å². The van der Waals surface area contributed by atoms with Crippen LogP contribution in [0.4, 0.5) is 0 Å². The van der Waals surface area contributed by atoms with E-state index >= 15 is 0 Å². The van der Waals surface area contributed by atoms with Gasteiger partial charge in [-0.05, 0) is 30.9 Å². The van der Waals surface area contributed by atoms with Crippen LogP contribution < -0.4 is 11.2 Å². The van der Waals surface area contributed by atoms with Gasteiger partial charge in [-0.2, -0.15) is 0 Å². The van der Waals surface area contributed by atoms with Crippen LogP contribution in [0.3, 0.4) is 0 Å². The summed E-state index contributed by atoms with van der Waals surface area (Å²) in [5.74, 6) is 0.0319. The molecule has 0 atom stereocenters. The first-order valence-corrected chi connectivity index (χ1v) is 7.71. The molecule has 2 N–H and O–H groups in total. The summed E-state index contributed by atoms with van der Waals surface area (Å²) in [6, 6.07) is 8.14. The average Bonchev–Trinajstić information content (AvgIpc) is 2.53. The number of nitrogens with one attached hydrogen (secondary N) is 2. The summed E-state index contributed by atoms with van der Waals surface area (Å²) in [5.41, 5.74) is 2.54. The first kappa shape index (κ1) is 15.3. The molecule has 1 aliphatic heterocycles. The van der Waals surface area contributed by atoms with E-state index in [0.29, 0.717) is 30.8 Å². The largest absolute Gasteiger partial charge is 0.338 e. The van der Waals surface area contributed by atoms with Crippen molar-refractivity contribution >= 4 is 5.91 Å². The van der Waals surface area contributed by atoms with Gasteiger partial charge >= 0.3 is 5.69 Å². The highest BCUT2D eigenvalue weighted by molar-refractivity contribution is 5.76. The third-order valence-corrected chi connectivity index (χ3v) is 4.33. The molecular weight excluding hydrogens is 294 g/mol. The molecule has 0 bridgehead atoms. The minimum atomic E-state index is -0.518. The maximum atomic E-state index is 12.4. The van der Waals surface area contributed by atoms with E-state index in [1.807, 2.05) is 23.1 Å². The van der Waals surface area contributed by atoms with E-state index in [1.54, 1.807) is 6.92 Å². The molecule has 0 radical (unpaired) electrons. The minimum absolute atomic E-state index is 0.0319. The van der Waals surface area contributed by atoms with Gasteiger partial charge in [0.1, 0.15) is 0 Å². The molecule has 2 aromatic rings. The molecular formula is C17H19N3O3. The molecule has 23 heavy (non-hydrogen) atoms. The van der Waals surface area contributed by atoms with Crippen molar-refractivity contribution in [2.24, 2.45) is 0 Å². The molecule has 1 aliphatic rings. The van der Waals surface area contributed by atoms with Crippen molar-refractivity contribution in [2.45, 2.75) is 32.7 Å². The summed E-state index contributed by atoms with van der Waals surface area (Å²) in [7, 11) is 0. The summed E-state index contributed by atoms with van der Waals surface area (Å²) in [6.07, 6.45) is 1.45. The van der Waals surface area contributed by atoms with Gasteiger partial charge in [0.05, 0.1) is 0 Å². The zero-order valence-electron chi connectivity index (χ0n) is 13.0. The molecule has 0 aliphatic carbocycles. The average molecular weight is 313 g/mol. The van der Waals surface area contributed by atoms with E-state index in [-0.39, 0.29) is 12.3 Å². The number of aryl methyl sites for hydroxylation is 1. The number of amides is 1. The minimum Gasteiger partial charge on any atom is -0.338 e. The number of hydrogen-bond donors (Lipinski definition) is 2. The Hall–Kier alpha value is -2.63. The van der Waals surface area contributed by atoms with Crippen LogP contribution in [-0.4, -0.2) is 27.3 Å². The van der Waals surface area contributed by atoms with Crippen molar-refractivity contribution in [3.8, 4) is 0 Å². The third kappa shape index (κ3) is 3.26. The zero-order valence-corrected chi connectivity index (χ0v) is 13.0. The Kier molecular flexibility index (Phi) is 4.14. The number of nitrogens with zero attached hydrogens (tertiary/aromatic N) is 1. The van der Waals surface area contributed by atoms with Gasteiger partial charge in [0, 0.05) is 30.8 Å². The number of carbonyl (C=O) groups is 1. The van der Waals surface area contributed by atoms with E-state index in [9.17, 15) is 14.4 Å². The van der Waals surface area contributed by atoms with Gasteiger partial charge in [-0.15, -0.1) is 0 Å². The summed E-state index contributed by atoms with van der Waals surface area (Å²) in [5, 5.41) is 0. The number of H-pyrrole nitrogens is 2. The number of aromatic amines is 2. The number of rotatable bonds is 3. The molecule has 0 fully saturated rings. The summed E-state index contributed by atoms with van der Waals surface area (Å²) in [4.78, 5) is 42.0. The Labute approximate surface area is 133 Å². The van der Waals surface area contributed by atoms with E-state index in [1.165, 1.54) is 11.1 Å². The van der Waals surface area contributed by atoms with E-state index in [2.05, 4.69) is 16.0 Å². The van der Waals surface area contributed by atoms with Crippen LogP contribution in [0.5, 0.6) is 0 Å². The number of benzene rings is 1. The highest BCUT2D eigenvalue weighted by Crippen LogP contribution is 2.19. The van der Waals surface area contributed by atoms with E-state index in [0.717, 1.165) is 6.42 Å². The Bertz CT molecular complexity index is 851. The van der Waals surface area contributed by atoms with E-state index < -0.39 is 11.2 Å². The monoisotopic (exact) mass is 313 g/mol. The van der Waals surface area contributed by atoms with Crippen LogP contribution in [0, 0.1) is 6.92 Å². The van der Waals surface area contributed by atoms with Crippen molar-refractivity contribution in [1.82, 2.24) is 14.9 Å². The standard InChI is InChI=1S/C17H19N3O3/c1-11-14(16(22)19-17(23)18-11)6-7-15(21)20-9-8-12-4-2-3-5-13(12)10-20/h2-5H,6-10H2,1H3,(H2,18,19,22,23). The van der Waals surface area contributed by atoms with Gasteiger partial charge in [-0.3, -0.25) is 14.6 Å². The fourth-order valence-corrected chi connectivity index (χ4v) is 3.03. The predicted molar refractivity (Wildman–Crippen MR) is 86.3 cm³/mol. The van der Waals surface area contributed by atoms with Crippen LogP contribution in [-0.2, 0) is 24.2 Å². The van der Waals surface area contributed by atoms with Crippen LogP contribution >= 0.6 is 0 Å².